The van der Waals surface area contributed by atoms with Crippen molar-refractivity contribution in [2.75, 3.05) is 5.73 Å². The summed E-state index contributed by atoms with van der Waals surface area (Å²) in [5.74, 6) is 0.494. The lowest BCUT2D eigenvalue weighted by molar-refractivity contribution is -0.133. The van der Waals surface area contributed by atoms with Gasteiger partial charge in [-0.15, -0.1) is 0 Å². The summed E-state index contributed by atoms with van der Waals surface area (Å²) in [4.78, 5) is 30.3. The molecule has 0 bridgehead atoms. The van der Waals surface area contributed by atoms with E-state index in [4.69, 9.17) is 5.73 Å². The van der Waals surface area contributed by atoms with Crippen molar-refractivity contribution >= 4 is 17.6 Å². The minimum atomic E-state index is -0.691. The molecule has 6 nitrogen and oxygen atoms in total. The number of urea groups is 1. The average molecular weight is 288 g/mol. The lowest BCUT2D eigenvalue weighted by atomic mass is 9.77. The molecule has 6 heteroatoms. The molecule has 0 radical (unpaired) electrons. The molecule has 21 heavy (non-hydrogen) atoms. The highest BCUT2D eigenvalue weighted by Crippen LogP contribution is 2.36. The Labute approximate surface area is 123 Å². The van der Waals surface area contributed by atoms with Crippen LogP contribution in [0.1, 0.15) is 38.3 Å². The molecule has 3 rings (SSSR count). The molecule has 1 aliphatic heterocycles. The largest absolute Gasteiger partial charge is 0.399 e. The number of nitrogen functional groups attached to an aromatic ring is 1. The van der Waals surface area contributed by atoms with E-state index in [1.54, 1.807) is 18.3 Å². The third-order valence-electron chi connectivity index (χ3n) is 4.53. The van der Waals surface area contributed by atoms with Gasteiger partial charge >= 0.3 is 6.03 Å². The molecule has 1 aromatic heterocycles. The van der Waals surface area contributed by atoms with Crippen molar-refractivity contribution in [1.82, 2.24) is 15.2 Å². The van der Waals surface area contributed by atoms with Gasteiger partial charge < -0.3 is 11.1 Å². The molecule has 1 saturated heterocycles. The molecule has 0 atom stereocenters. The van der Waals surface area contributed by atoms with Crippen LogP contribution in [0.3, 0.4) is 0 Å². The fraction of sp³-hybridized carbons (Fsp3) is 0.533. The Hall–Kier alpha value is -2.11. The molecule has 1 spiro atoms. The van der Waals surface area contributed by atoms with Gasteiger partial charge in [-0.3, -0.25) is 14.7 Å². The minimum absolute atomic E-state index is 0.122. The van der Waals surface area contributed by atoms with E-state index < -0.39 is 5.54 Å². The third kappa shape index (κ3) is 2.46. The molecular weight excluding hydrogens is 268 g/mol. The van der Waals surface area contributed by atoms with Crippen LogP contribution in [-0.2, 0) is 11.3 Å². The van der Waals surface area contributed by atoms with Gasteiger partial charge in [0.2, 0.25) is 0 Å². The summed E-state index contributed by atoms with van der Waals surface area (Å²) in [6, 6.07) is 3.05. The topological polar surface area (TPSA) is 88.3 Å². The summed E-state index contributed by atoms with van der Waals surface area (Å²) in [6.45, 7) is 2.36. The number of anilines is 1. The Morgan fingerprint density at radius 1 is 1.43 bits per heavy atom. The number of nitrogens with one attached hydrogen (secondary N) is 1. The van der Waals surface area contributed by atoms with Crippen LogP contribution in [0, 0.1) is 5.92 Å². The van der Waals surface area contributed by atoms with E-state index >= 15 is 0 Å². The van der Waals surface area contributed by atoms with Crippen LogP contribution >= 0.6 is 0 Å². The highest BCUT2D eigenvalue weighted by molar-refractivity contribution is 6.07. The highest BCUT2D eigenvalue weighted by atomic mass is 16.2. The summed E-state index contributed by atoms with van der Waals surface area (Å²) in [7, 11) is 0. The molecule has 2 heterocycles. The number of amides is 3. The maximum Gasteiger partial charge on any atom is 0.325 e. The molecule has 3 amide bonds. The summed E-state index contributed by atoms with van der Waals surface area (Å²) in [5, 5.41) is 2.90. The molecule has 0 aromatic carbocycles. The number of carbonyl (C=O) groups excluding carboxylic acids is 2. The predicted molar refractivity (Wildman–Crippen MR) is 78.1 cm³/mol. The first-order valence-electron chi connectivity index (χ1n) is 7.35. The summed E-state index contributed by atoms with van der Waals surface area (Å²) in [5.41, 5.74) is 6.22. The van der Waals surface area contributed by atoms with Crippen LogP contribution in [0.2, 0.25) is 0 Å². The zero-order chi connectivity index (χ0) is 15.0. The molecule has 3 N–H and O–H groups in total. The van der Waals surface area contributed by atoms with E-state index in [2.05, 4.69) is 17.2 Å². The van der Waals surface area contributed by atoms with E-state index in [0.29, 0.717) is 17.3 Å². The highest BCUT2D eigenvalue weighted by Gasteiger charge is 2.51. The molecule has 1 aromatic rings. The van der Waals surface area contributed by atoms with E-state index in [1.807, 2.05) is 0 Å². The first-order valence-corrected chi connectivity index (χ1v) is 7.35. The Balaban J connectivity index is 1.78. The van der Waals surface area contributed by atoms with Crippen molar-refractivity contribution in [3.63, 3.8) is 0 Å². The first kappa shape index (κ1) is 13.9. The third-order valence-corrected chi connectivity index (χ3v) is 4.53. The Morgan fingerprint density at radius 2 is 2.14 bits per heavy atom. The zero-order valence-electron chi connectivity index (χ0n) is 12.1. The van der Waals surface area contributed by atoms with Crippen LogP contribution in [-0.4, -0.2) is 27.4 Å². The SMILES string of the molecule is CC1CCC2(CC1)NC(=O)N(Cc1cc(N)ccn1)C2=O. The van der Waals surface area contributed by atoms with Crippen molar-refractivity contribution in [1.29, 1.82) is 0 Å². The number of hydrogen-bond donors (Lipinski definition) is 2. The zero-order valence-corrected chi connectivity index (χ0v) is 12.1. The average Bonchev–Trinajstić information content (AvgIpc) is 2.67. The van der Waals surface area contributed by atoms with Crippen LogP contribution in [0.15, 0.2) is 18.3 Å². The van der Waals surface area contributed by atoms with Crippen molar-refractivity contribution in [2.45, 2.75) is 44.7 Å². The van der Waals surface area contributed by atoms with Crippen LogP contribution in [0.4, 0.5) is 10.5 Å². The Bertz CT molecular complexity index is 579. The maximum absolute atomic E-state index is 12.7. The second-order valence-corrected chi connectivity index (χ2v) is 6.17. The molecule has 1 aliphatic carbocycles. The van der Waals surface area contributed by atoms with E-state index in [1.165, 1.54) is 4.90 Å². The van der Waals surface area contributed by atoms with E-state index in [9.17, 15) is 9.59 Å². The van der Waals surface area contributed by atoms with Gasteiger partial charge in [-0.05, 0) is 43.7 Å². The Kier molecular flexibility index (Phi) is 3.31. The summed E-state index contributed by atoms with van der Waals surface area (Å²) < 4.78 is 0. The van der Waals surface area contributed by atoms with Gasteiger partial charge in [-0.2, -0.15) is 0 Å². The predicted octanol–water partition coefficient (Wildman–Crippen LogP) is 1.66. The van der Waals surface area contributed by atoms with Crippen LogP contribution in [0.5, 0.6) is 0 Å². The first-order chi connectivity index (χ1) is 10.00. The Morgan fingerprint density at radius 3 is 2.81 bits per heavy atom. The smallest absolute Gasteiger partial charge is 0.325 e. The van der Waals surface area contributed by atoms with Gasteiger partial charge in [-0.25, -0.2) is 4.79 Å². The van der Waals surface area contributed by atoms with Crippen molar-refractivity contribution in [2.24, 2.45) is 5.92 Å². The lowest BCUT2D eigenvalue weighted by Crippen LogP contribution is -2.49. The second-order valence-electron chi connectivity index (χ2n) is 6.17. The number of imide groups is 1. The summed E-state index contributed by atoms with van der Waals surface area (Å²) in [6.07, 6.45) is 4.97. The molecule has 0 unspecified atom stereocenters. The van der Waals surface area contributed by atoms with Gasteiger partial charge in [0.1, 0.15) is 5.54 Å². The monoisotopic (exact) mass is 288 g/mol. The molecule has 112 valence electrons. The number of hydrogen-bond acceptors (Lipinski definition) is 4. The van der Waals surface area contributed by atoms with E-state index in [0.717, 1.165) is 25.7 Å². The minimum Gasteiger partial charge on any atom is -0.399 e. The fourth-order valence-electron chi connectivity index (χ4n) is 3.16. The molecule has 2 fully saturated rings. The fourth-order valence-corrected chi connectivity index (χ4v) is 3.16. The molecule has 2 aliphatic rings. The van der Waals surface area contributed by atoms with Gasteiger partial charge in [0.15, 0.2) is 0 Å². The number of carbonyl (C=O) groups is 2. The lowest BCUT2D eigenvalue weighted by Gasteiger charge is -2.33. The number of nitrogens with two attached hydrogens (primary N) is 1. The van der Waals surface area contributed by atoms with Crippen molar-refractivity contribution < 1.29 is 9.59 Å². The van der Waals surface area contributed by atoms with Crippen molar-refractivity contribution in [3.05, 3.63) is 24.0 Å². The van der Waals surface area contributed by atoms with Gasteiger partial charge in [0, 0.05) is 11.9 Å². The van der Waals surface area contributed by atoms with Gasteiger partial charge in [0.25, 0.3) is 5.91 Å². The number of nitrogens with zero attached hydrogens (tertiary/aromatic N) is 2. The van der Waals surface area contributed by atoms with Crippen LogP contribution < -0.4 is 11.1 Å². The second kappa shape index (κ2) is 5.02. The van der Waals surface area contributed by atoms with Gasteiger partial charge in [-0.1, -0.05) is 6.92 Å². The molecular formula is C15H20N4O2. The van der Waals surface area contributed by atoms with E-state index in [-0.39, 0.29) is 18.5 Å². The number of rotatable bonds is 2. The number of aromatic nitrogens is 1. The number of pyridine rings is 1. The standard InChI is InChI=1S/C15H20N4O2/c1-10-2-5-15(6-3-10)13(20)19(14(21)18-15)9-12-8-11(16)4-7-17-12/h4,7-8,10H,2-3,5-6,9H2,1H3,(H2,16,17)(H,18,21). The molecule has 1 saturated carbocycles. The maximum atomic E-state index is 12.7. The summed E-state index contributed by atoms with van der Waals surface area (Å²) >= 11 is 0. The van der Waals surface area contributed by atoms with Crippen LogP contribution in [0.25, 0.3) is 0 Å². The quantitative estimate of drug-likeness (QED) is 0.810. The van der Waals surface area contributed by atoms with Gasteiger partial charge in [0.05, 0.1) is 12.2 Å². The normalized spacial score (nSPS) is 29.0. The van der Waals surface area contributed by atoms with Crippen molar-refractivity contribution in [3.8, 4) is 0 Å².